The number of benzene rings is 2. The van der Waals surface area contributed by atoms with E-state index in [0.29, 0.717) is 18.0 Å². The zero-order valence-electron chi connectivity index (χ0n) is 15.0. The molecule has 0 unspecified atom stereocenters. The van der Waals surface area contributed by atoms with Gasteiger partial charge >= 0.3 is 0 Å². The average molecular weight is 380 g/mol. The molecule has 1 aliphatic rings. The van der Waals surface area contributed by atoms with Crippen LogP contribution in [0.4, 0.5) is 0 Å². The highest BCUT2D eigenvalue weighted by Crippen LogP contribution is 2.36. The Bertz CT molecular complexity index is 976. The number of fused-ring (bicyclic) bond motifs is 2. The number of aryl methyl sites for hydroxylation is 1. The molecule has 27 heavy (non-hydrogen) atoms. The Morgan fingerprint density at radius 2 is 1.93 bits per heavy atom. The number of nitrogens with one attached hydrogen (secondary N) is 1. The maximum absolute atomic E-state index is 12.1. The Kier molecular flexibility index (Phi) is 5.16. The van der Waals surface area contributed by atoms with Crippen molar-refractivity contribution in [3.63, 3.8) is 0 Å². The summed E-state index contributed by atoms with van der Waals surface area (Å²) in [4.78, 5) is 16.8. The van der Waals surface area contributed by atoms with Gasteiger partial charge in [-0.25, -0.2) is 4.98 Å². The number of hydrogen-bond acceptors (Lipinski definition) is 5. The van der Waals surface area contributed by atoms with Crippen molar-refractivity contribution in [1.82, 2.24) is 10.3 Å². The summed E-state index contributed by atoms with van der Waals surface area (Å²) < 4.78 is 10.8. The lowest BCUT2D eigenvalue weighted by Crippen LogP contribution is -2.27. The van der Waals surface area contributed by atoms with Crippen LogP contribution in [-0.4, -0.2) is 30.0 Å². The van der Waals surface area contributed by atoms with Crippen LogP contribution in [0.25, 0.3) is 10.9 Å². The topological polar surface area (TPSA) is 60.5 Å². The van der Waals surface area contributed by atoms with Gasteiger partial charge < -0.3 is 14.8 Å². The molecule has 6 heteroatoms. The molecule has 2 heterocycles. The van der Waals surface area contributed by atoms with Gasteiger partial charge in [-0.15, -0.1) is 0 Å². The number of carbonyl (C=O) groups excluding carboxylic acids is 1. The van der Waals surface area contributed by atoms with Gasteiger partial charge in [-0.05, 0) is 36.6 Å². The second kappa shape index (κ2) is 7.88. The summed E-state index contributed by atoms with van der Waals surface area (Å²) in [6.07, 6.45) is 0.831. The first-order valence-electron chi connectivity index (χ1n) is 8.83. The summed E-state index contributed by atoms with van der Waals surface area (Å²) in [5.74, 6) is 1.83. The SMILES string of the molecule is Cc1cc2cc3c(cc2nc1SCC(=O)NCCc1ccccc1)OCO3. The fraction of sp³-hybridized carbons (Fsp3) is 0.238. The molecular weight excluding hydrogens is 360 g/mol. The first-order chi connectivity index (χ1) is 13.2. The molecule has 0 aliphatic carbocycles. The van der Waals surface area contributed by atoms with Crippen LogP contribution in [0.3, 0.4) is 0 Å². The fourth-order valence-corrected chi connectivity index (χ4v) is 3.79. The average Bonchev–Trinajstić information content (AvgIpc) is 3.12. The number of hydrogen-bond donors (Lipinski definition) is 1. The molecule has 4 rings (SSSR count). The molecule has 0 fully saturated rings. The van der Waals surface area contributed by atoms with Crippen LogP contribution in [0, 0.1) is 6.92 Å². The largest absolute Gasteiger partial charge is 0.454 e. The van der Waals surface area contributed by atoms with Crippen LogP contribution in [0.1, 0.15) is 11.1 Å². The first kappa shape index (κ1) is 17.7. The lowest BCUT2D eigenvalue weighted by molar-refractivity contribution is -0.118. The van der Waals surface area contributed by atoms with Crippen LogP contribution in [0.2, 0.25) is 0 Å². The highest BCUT2D eigenvalue weighted by Gasteiger charge is 2.16. The van der Waals surface area contributed by atoms with E-state index in [9.17, 15) is 4.79 Å². The van der Waals surface area contributed by atoms with E-state index in [-0.39, 0.29) is 12.7 Å². The molecule has 2 aromatic carbocycles. The number of thioether (sulfide) groups is 1. The number of ether oxygens (including phenoxy) is 2. The predicted molar refractivity (Wildman–Crippen MR) is 106 cm³/mol. The van der Waals surface area contributed by atoms with E-state index in [0.717, 1.165) is 33.7 Å². The Balaban J connectivity index is 1.36. The predicted octanol–water partition coefficient (Wildman–Crippen LogP) is 3.72. The third-order valence-electron chi connectivity index (χ3n) is 4.37. The molecular formula is C21H20N2O3S. The van der Waals surface area contributed by atoms with Gasteiger partial charge in [0.05, 0.1) is 11.3 Å². The van der Waals surface area contributed by atoms with Crippen molar-refractivity contribution in [2.45, 2.75) is 18.4 Å². The Hall–Kier alpha value is -2.73. The second-order valence-electron chi connectivity index (χ2n) is 6.38. The summed E-state index contributed by atoms with van der Waals surface area (Å²) in [5, 5.41) is 4.84. The van der Waals surface area contributed by atoms with Gasteiger partial charge in [0.15, 0.2) is 11.5 Å². The van der Waals surface area contributed by atoms with Gasteiger partial charge in [0, 0.05) is 18.0 Å². The number of carbonyl (C=O) groups is 1. The third kappa shape index (κ3) is 4.17. The second-order valence-corrected chi connectivity index (χ2v) is 7.35. The normalized spacial score (nSPS) is 12.3. The molecule has 0 saturated carbocycles. The first-order valence-corrected chi connectivity index (χ1v) is 9.82. The maximum atomic E-state index is 12.1. The number of nitrogens with zero attached hydrogens (tertiary/aromatic N) is 1. The minimum Gasteiger partial charge on any atom is -0.454 e. The fourth-order valence-electron chi connectivity index (χ4n) is 2.97. The highest BCUT2D eigenvalue weighted by atomic mass is 32.2. The van der Waals surface area contributed by atoms with Gasteiger partial charge in [0.2, 0.25) is 12.7 Å². The van der Waals surface area contributed by atoms with Crippen molar-refractivity contribution >= 4 is 28.6 Å². The minimum atomic E-state index is 0.0166. The van der Waals surface area contributed by atoms with E-state index < -0.39 is 0 Å². The number of amides is 1. The zero-order chi connectivity index (χ0) is 18.6. The quantitative estimate of drug-likeness (QED) is 0.661. The van der Waals surface area contributed by atoms with Crippen LogP contribution in [0.15, 0.2) is 53.6 Å². The molecule has 1 amide bonds. The minimum absolute atomic E-state index is 0.0166. The van der Waals surface area contributed by atoms with E-state index in [4.69, 9.17) is 14.5 Å². The molecule has 0 bridgehead atoms. The molecule has 1 N–H and O–H groups in total. The molecule has 0 radical (unpaired) electrons. The summed E-state index contributed by atoms with van der Waals surface area (Å²) in [5.41, 5.74) is 3.11. The summed E-state index contributed by atoms with van der Waals surface area (Å²) >= 11 is 1.45. The van der Waals surface area contributed by atoms with Gasteiger partial charge in [0.1, 0.15) is 5.03 Å². The van der Waals surface area contributed by atoms with Gasteiger partial charge in [-0.3, -0.25) is 4.79 Å². The van der Waals surface area contributed by atoms with Crippen molar-refractivity contribution in [3.05, 3.63) is 59.7 Å². The van der Waals surface area contributed by atoms with Crippen LogP contribution < -0.4 is 14.8 Å². The summed E-state index contributed by atoms with van der Waals surface area (Å²) in [6, 6.07) is 16.0. The van der Waals surface area contributed by atoms with Gasteiger partial charge in [-0.2, -0.15) is 0 Å². The number of aromatic nitrogens is 1. The van der Waals surface area contributed by atoms with E-state index in [1.54, 1.807) is 0 Å². The van der Waals surface area contributed by atoms with E-state index in [2.05, 4.69) is 23.5 Å². The molecule has 1 aromatic heterocycles. The highest BCUT2D eigenvalue weighted by molar-refractivity contribution is 7.99. The lowest BCUT2D eigenvalue weighted by Gasteiger charge is -2.09. The van der Waals surface area contributed by atoms with E-state index in [1.165, 1.54) is 17.3 Å². The zero-order valence-corrected chi connectivity index (χ0v) is 15.8. The van der Waals surface area contributed by atoms with E-state index >= 15 is 0 Å². The van der Waals surface area contributed by atoms with Crippen molar-refractivity contribution in [2.75, 3.05) is 19.1 Å². The molecule has 0 atom stereocenters. The standard InChI is InChI=1S/C21H20N2O3S/c1-14-9-16-10-18-19(26-13-25-18)11-17(16)23-21(14)27-12-20(24)22-8-7-15-5-3-2-4-6-15/h2-6,9-11H,7-8,12-13H2,1H3,(H,22,24). The molecule has 0 spiro atoms. The summed E-state index contributed by atoms with van der Waals surface area (Å²) in [6.45, 7) is 2.89. The number of rotatable bonds is 6. The summed E-state index contributed by atoms with van der Waals surface area (Å²) in [7, 11) is 0. The van der Waals surface area contributed by atoms with Crippen LogP contribution in [-0.2, 0) is 11.2 Å². The number of pyridine rings is 1. The Morgan fingerprint density at radius 3 is 2.74 bits per heavy atom. The molecule has 1 aliphatic heterocycles. The third-order valence-corrected chi connectivity index (χ3v) is 5.47. The van der Waals surface area contributed by atoms with Crippen molar-refractivity contribution < 1.29 is 14.3 Å². The molecule has 0 saturated heterocycles. The monoisotopic (exact) mass is 380 g/mol. The Labute approximate surface area is 162 Å². The Morgan fingerprint density at radius 1 is 1.15 bits per heavy atom. The van der Waals surface area contributed by atoms with Crippen molar-refractivity contribution in [2.24, 2.45) is 0 Å². The molecule has 5 nitrogen and oxygen atoms in total. The lowest BCUT2D eigenvalue weighted by atomic mass is 10.1. The van der Waals surface area contributed by atoms with Crippen molar-refractivity contribution in [3.8, 4) is 11.5 Å². The van der Waals surface area contributed by atoms with Crippen molar-refractivity contribution in [1.29, 1.82) is 0 Å². The molecule has 138 valence electrons. The van der Waals surface area contributed by atoms with Crippen LogP contribution in [0.5, 0.6) is 11.5 Å². The van der Waals surface area contributed by atoms with E-state index in [1.807, 2.05) is 37.3 Å². The maximum Gasteiger partial charge on any atom is 0.231 e. The van der Waals surface area contributed by atoms with Gasteiger partial charge in [0.25, 0.3) is 0 Å². The molecule has 3 aromatic rings. The smallest absolute Gasteiger partial charge is 0.231 e. The van der Waals surface area contributed by atoms with Crippen LogP contribution >= 0.6 is 11.8 Å². The van der Waals surface area contributed by atoms with Gasteiger partial charge in [-0.1, -0.05) is 42.1 Å².